The molecule has 1 N–H and O–H groups in total. The summed E-state index contributed by atoms with van der Waals surface area (Å²) in [5, 5.41) is 4.99. The van der Waals surface area contributed by atoms with Crippen LogP contribution in [0.1, 0.15) is 56.9 Å². The van der Waals surface area contributed by atoms with Crippen molar-refractivity contribution in [1.29, 1.82) is 0 Å². The van der Waals surface area contributed by atoms with Gasteiger partial charge < -0.3 is 9.73 Å². The van der Waals surface area contributed by atoms with E-state index in [-0.39, 0.29) is 6.04 Å². The summed E-state index contributed by atoms with van der Waals surface area (Å²) in [7, 11) is 0. The fourth-order valence-electron chi connectivity index (χ4n) is 3.67. The zero-order valence-corrected chi connectivity index (χ0v) is 12.8. The lowest BCUT2D eigenvalue weighted by Gasteiger charge is -2.24. The van der Waals surface area contributed by atoms with Gasteiger partial charge in [-0.2, -0.15) is 0 Å². The van der Waals surface area contributed by atoms with Gasteiger partial charge in [-0.3, -0.25) is 0 Å². The zero-order valence-electron chi connectivity index (χ0n) is 12.8. The van der Waals surface area contributed by atoms with E-state index in [0.29, 0.717) is 6.04 Å². The van der Waals surface area contributed by atoms with E-state index in [1.54, 1.807) is 0 Å². The Bertz CT molecular complexity index is 580. The SMILES string of the molecule is Cc1c(C(C)N[C@H](C)C2CCCC2)oc2ccccc12. The molecule has 1 fully saturated rings. The number of para-hydroxylation sites is 1. The maximum Gasteiger partial charge on any atom is 0.134 e. The Hall–Kier alpha value is -1.28. The van der Waals surface area contributed by atoms with E-state index in [1.807, 2.05) is 6.07 Å². The number of hydrogen-bond acceptors (Lipinski definition) is 2. The molecule has 0 saturated heterocycles. The average Bonchev–Trinajstić information content (AvgIpc) is 3.07. The lowest BCUT2D eigenvalue weighted by molar-refractivity contribution is 0.330. The van der Waals surface area contributed by atoms with Crippen LogP contribution in [0.15, 0.2) is 28.7 Å². The zero-order chi connectivity index (χ0) is 14.1. The molecule has 0 aliphatic heterocycles. The first-order valence-electron chi connectivity index (χ1n) is 7.91. The van der Waals surface area contributed by atoms with Gasteiger partial charge in [0.1, 0.15) is 11.3 Å². The fourth-order valence-corrected chi connectivity index (χ4v) is 3.67. The first-order chi connectivity index (χ1) is 9.66. The summed E-state index contributed by atoms with van der Waals surface area (Å²) in [6, 6.07) is 9.16. The second-order valence-corrected chi connectivity index (χ2v) is 6.31. The van der Waals surface area contributed by atoms with Gasteiger partial charge in [0.15, 0.2) is 0 Å². The Kier molecular flexibility index (Phi) is 3.84. The Morgan fingerprint density at radius 2 is 1.85 bits per heavy atom. The normalized spacial score (nSPS) is 19.6. The molecule has 2 atom stereocenters. The molecule has 2 aromatic rings. The Morgan fingerprint density at radius 1 is 1.15 bits per heavy atom. The van der Waals surface area contributed by atoms with Crippen molar-refractivity contribution in [3.8, 4) is 0 Å². The highest BCUT2D eigenvalue weighted by Crippen LogP contribution is 2.32. The van der Waals surface area contributed by atoms with Crippen molar-refractivity contribution in [2.24, 2.45) is 5.92 Å². The molecule has 0 spiro atoms. The van der Waals surface area contributed by atoms with Gasteiger partial charge in [0.05, 0.1) is 6.04 Å². The molecule has 1 aromatic heterocycles. The van der Waals surface area contributed by atoms with E-state index in [1.165, 1.54) is 36.6 Å². The van der Waals surface area contributed by atoms with Crippen molar-refractivity contribution >= 4 is 11.0 Å². The molecule has 20 heavy (non-hydrogen) atoms. The summed E-state index contributed by atoms with van der Waals surface area (Å²) in [6.45, 7) is 6.71. The molecule has 1 aliphatic rings. The molecule has 2 heteroatoms. The molecule has 0 radical (unpaired) electrons. The van der Waals surface area contributed by atoms with Crippen LogP contribution in [0.5, 0.6) is 0 Å². The summed E-state index contributed by atoms with van der Waals surface area (Å²) in [5.74, 6) is 1.93. The van der Waals surface area contributed by atoms with E-state index in [4.69, 9.17) is 4.42 Å². The van der Waals surface area contributed by atoms with Gasteiger partial charge in [0, 0.05) is 11.4 Å². The molecule has 3 rings (SSSR count). The van der Waals surface area contributed by atoms with Crippen LogP contribution in [0.3, 0.4) is 0 Å². The lowest BCUT2D eigenvalue weighted by atomic mass is 9.98. The predicted octanol–water partition coefficient (Wildman–Crippen LogP) is 4.97. The third-order valence-corrected chi connectivity index (χ3v) is 4.89. The van der Waals surface area contributed by atoms with E-state index in [0.717, 1.165) is 17.3 Å². The van der Waals surface area contributed by atoms with Crippen molar-refractivity contribution in [2.75, 3.05) is 0 Å². The van der Waals surface area contributed by atoms with Crippen LogP contribution in [-0.4, -0.2) is 6.04 Å². The largest absolute Gasteiger partial charge is 0.459 e. The van der Waals surface area contributed by atoms with Gasteiger partial charge >= 0.3 is 0 Å². The van der Waals surface area contributed by atoms with Gasteiger partial charge in [-0.05, 0) is 51.2 Å². The first kappa shape index (κ1) is 13.7. The maximum absolute atomic E-state index is 6.06. The minimum Gasteiger partial charge on any atom is -0.459 e. The van der Waals surface area contributed by atoms with Crippen LogP contribution in [0, 0.1) is 12.8 Å². The molecule has 108 valence electrons. The van der Waals surface area contributed by atoms with Crippen LogP contribution in [0.2, 0.25) is 0 Å². The van der Waals surface area contributed by atoms with E-state index >= 15 is 0 Å². The number of fused-ring (bicyclic) bond motifs is 1. The van der Waals surface area contributed by atoms with Gasteiger partial charge in [-0.15, -0.1) is 0 Å². The Morgan fingerprint density at radius 3 is 2.55 bits per heavy atom. The van der Waals surface area contributed by atoms with Crippen molar-refractivity contribution in [3.05, 3.63) is 35.6 Å². The number of hydrogen-bond donors (Lipinski definition) is 1. The second-order valence-electron chi connectivity index (χ2n) is 6.31. The van der Waals surface area contributed by atoms with Crippen LogP contribution in [0.4, 0.5) is 0 Å². The smallest absolute Gasteiger partial charge is 0.134 e. The minimum absolute atomic E-state index is 0.276. The lowest BCUT2D eigenvalue weighted by Crippen LogP contribution is -2.34. The first-order valence-corrected chi connectivity index (χ1v) is 7.91. The molecular formula is C18H25NO. The van der Waals surface area contributed by atoms with Crippen LogP contribution >= 0.6 is 0 Å². The molecule has 1 aromatic carbocycles. The maximum atomic E-state index is 6.06. The Balaban J connectivity index is 1.78. The van der Waals surface area contributed by atoms with Crippen molar-refractivity contribution in [2.45, 2.75) is 58.5 Å². The van der Waals surface area contributed by atoms with Crippen LogP contribution in [0.25, 0.3) is 11.0 Å². The Labute approximate surface area is 121 Å². The van der Waals surface area contributed by atoms with E-state index in [9.17, 15) is 0 Å². The highest BCUT2D eigenvalue weighted by atomic mass is 16.3. The molecular weight excluding hydrogens is 246 g/mol. The second kappa shape index (κ2) is 5.61. The monoisotopic (exact) mass is 271 g/mol. The highest BCUT2D eigenvalue weighted by Gasteiger charge is 2.24. The average molecular weight is 271 g/mol. The summed E-state index contributed by atoms with van der Waals surface area (Å²) < 4.78 is 6.06. The predicted molar refractivity (Wildman–Crippen MR) is 83.9 cm³/mol. The molecule has 1 unspecified atom stereocenters. The van der Waals surface area contributed by atoms with E-state index in [2.05, 4.69) is 44.3 Å². The van der Waals surface area contributed by atoms with Crippen LogP contribution < -0.4 is 5.32 Å². The van der Waals surface area contributed by atoms with Gasteiger partial charge in [-0.1, -0.05) is 31.0 Å². The summed E-state index contributed by atoms with van der Waals surface area (Å²) in [5.41, 5.74) is 2.28. The van der Waals surface area contributed by atoms with Crippen LogP contribution in [-0.2, 0) is 0 Å². The van der Waals surface area contributed by atoms with E-state index < -0.39 is 0 Å². The third-order valence-electron chi connectivity index (χ3n) is 4.89. The molecule has 2 nitrogen and oxygen atoms in total. The molecule has 0 amide bonds. The standard InChI is InChI=1S/C18H25NO/c1-12-16-10-6-7-11-17(16)20-18(12)14(3)19-13(2)15-8-4-5-9-15/h6-7,10-11,13-15,19H,4-5,8-9H2,1-3H3/t13-,14?/m1/s1. The quantitative estimate of drug-likeness (QED) is 0.849. The molecule has 1 aliphatic carbocycles. The fraction of sp³-hybridized carbons (Fsp3) is 0.556. The number of rotatable bonds is 4. The van der Waals surface area contributed by atoms with Crippen molar-refractivity contribution < 1.29 is 4.42 Å². The van der Waals surface area contributed by atoms with Crippen molar-refractivity contribution in [1.82, 2.24) is 5.32 Å². The molecule has 0 bridgehead atoms. The highest BCUT2D eigenvalue weighted by molar-refractivity contribution is 5.82. The topological polar surface area (TPSA) is 25.2 Å². The van der Waals surface area contributed by atoms with Gasteiger partial charge in [0.25, 0.3) is 0 Å². The number of furan rings is 1. The van der Waals surface area contributed by atoms with Gasteiger partial charge in [0.2, 0.25) is 0 Å². The number of benzene rings is 1. The third kappa shape index (κ3) is 2.49. The summed E-state index contributed by atoms with van der Waals surface area (Å²) >= 11 is 0. The van der Waals surface area contributed by atoms with Crippen molar-refractivity contribution in [3.63, 3.8) is 0 Å². The molecule has 1 heterocycles. The minimum atomic E-state index is 0.276. The summed E-state index contributed by atoms with van der Waals surface area (Å²) in [6.07, 6.45) is 5.55. The molecule has 1 saturated carbocycles. The summed E-state index contributed by atoms with van der Waals surface area (Å²) in [4.78, 5) is 0. The number of nitrogens with one attached hydrogen (secondary N) is 1. The number of aryl methyl sites for hydroxylation is 1. The van der Waals surface area contributed by atoms with Gasteiger partial charge in [-0.25, -0.2) is 0 Å².